The number of carbonyl (C=O) groups excluding carboxylic acids is 1. The Morgan fingerprint density at radius 3 is 2.89 bits per heavy atom. The zero-order valence-electron chi connectivity index (χ0n) is 10.1. The van der Waals surface area contributed by atoms with E-state index in [1.165, 1.54) is 0 Å². The molecule has 0 aliphatic heterocycles. The molecule has 0 bridgehead atoms. The van der Waals surface area contributed by atoms with E-state index in [4.69, 9.17) is 5.26 Å². The first-order valence-corrected chi connectivity index (χ1v) is 6.20. The molecule has 1 fully saturated rings. The maximum Gasteiger partial charge on any atom is 0.251 e. The molecule has 1 aliphatic carbocycles. The zero-order valence-corrected chi connectivity index (χ0v) is 10.1. The Morgan fingerprint density at radius 1 is 1.39 bits per heavy atom. The molecule has 0 unspecified atom stereocenters. The van der Waals surface area contributed by atoms with Crippen molar-refractivity contribution in [2.45, 2.75) is 37.8 Å². The highest BCUT2D eigenvalue weighted by molar-refractivity contribution is 5.94. The summed E-state index contributed by atoms with van der Waals surface area (Å²) in [6.07, 6.45) is 3.13. The molecule has 1 aromatic carbocycles. The van der Waals surface area contributed by atoms with Crippen LogP contribution in [0.4, 0.5) is 0 Å². The molecule has 2 rings (SSSR count). The first-order valence-electron chi connectivity index (χ1n) is 6.20. The summed E-state index contributed by atoms with van der Waals surface area (Å²) in [5.41, 5.74) is 0.929. The molecule has 18 heavy (non-hydrogen) atoms. The van der Waals surface area contributed by atoms with Crippen LogP contribution in [-0.2, 0) is 0 Å². The summed E-state index contributed by atoms with van der Waals surface area (Å²) in [5, 5.41) is 21.4. The molecular weight excluding hydrogens is 228 g/mol. The predicted octanol–water partition coefficient (Wildman–Crippen LogP) is 1.59. The van der Waals surface area contributed by atoms with Crippen LogP contribution in [0.1, 0.15) is 41.6 Å². The lowest BCUT2D eigenvalue weighted by Gasteiger charge is -2.28. The molecule has 2 atom stereocenters. The highest BCUT2D eigenvalue weighted by Gasteiger charge is 2.24. The van der Waals surface area contributed by atoms with Crippen molar-refractivity contribution in [3.05, 3.63) is 35.4 Å². The highest BCUT2D eigenvalue weighted by atomic mass is 16.3. The summed E-state index contributed by atoms with van der Waals surface area (Å²) in [6, 6.07) is 8.41. The summed E-state index contributed by atoms with van der Waals surface area (Å²) in [7, 11) is 0. The Bertz CT molecular complexity index is 479. The molecule has 0 radical (unpaired) electrons. The van der Waals surface area contributed by atoms with Crippen molar-refractivity contribution in [3.63, 3.8) is 0 Å². The number of hydrogen-bond acceptors (Lipinski definition) is 3. The number of aliphatic hydroxyl groups is 1. The molecule has 1 amide bonds. The van der Waals surface area contributed by atoms with Gasteiger partial charge in [0, 0.05) is 5.56 Å². The molecule has 1 aromatic rings. The van der Waals surface area contributed by atoms with Crippen molar-refractivity contribution in [1.82, 2.24) is 5.32 Å². The molecule has 0 spiro atoms. The minimum atomic E-state index is -0.457. The van der Waals surface area contributed by atoms with Gasteiger partial charge in [0.2, 0.25) is 0 Å². The molecule has 1 aliphatic rings. The second-order valence-electron chi connectivity index (χ2n) is 4.62. The molecule has 1 saturated carbocycles. The van der Waals surface area contributed by atoms with Gasteiger partial charge in [0.15, 0.2) is 0 Å². The second-order valence-corrected chi connectivity index (χ2v) is 4.62. The van der Waals surface area contributed by atoms with Crippen LogP contribution >= 0.6 is 0 Å². The second kappa shape index (κ2) is 5.65. The van der Waals surface area contributed by atoms with Crippen LogP contribution in [0.2, 0.25) is 0 Å². The van der Waals surface area contributed by atoms with E-state index in [2.05, 4.69) is 5.32 Å². The summed E-state index contributed by atoms with van der Waals surface area (Å²) in [6.45, 7) is 0. The summed E-state index contributed by atoms with van der Waals surface area (Å²) >= 11 is 0. The van der Waals surface area contributed by atoms with Crippen LogP contribution < -0.4 is 5.32 Å². The molecule has 4 heteroatoms. The van der Waals surface area contributed by atoms with Gasteiger partial charge in [0.05, 0.1) is 23.8 Å². The van der Waals surface area contributed by atoms with Crippen LogP contribution in [-0.4, -0.2) is 23.2 Å². The Labute approximate surface area is 106 Å². The fraction of sp³-hybridized carbons (Fsp3) is 0.429. The average Bonchev–Trinajstić information content (AvgIpc) is 2.41. The van der Waals surface area contributed by atoms with E-state index in [-0.39, 0.29) is 11.9 Å². The number of benzene rings is 1. The third-order valence-corrected chi connectivity index (χ3v) is 3.30. The van der Waals surface area contributed by atoms with E-state index < -0.39 is 6.10 Å². The molecule has 94 valence electrons. The first-order chi connectivity index (χ1) is 8.70. The van der Waals surface area contributed by atoms with E-state index in [9.17, 15) is 9.90 Å². The Kier molecular flexibility index (Phi) is 3.96. The number of nitrogens with one attached hydrogen (secondary N) is 1. The van der Waals surface area contributed by atoms with Crippen molar-refractivity contribution in [2.24, 2.45) is 0 Å². The van der Waals surface area contributed by atoms with E-state index >= 15 is 0 Å². The zero-order chi connectivity index (χ0) is 13.0. The van der Waals surface area contributed by atoms with Crippen LogP contribution in [0.25, 0.3) is 0 Å². The summed E-state index contributed by atoms with van der Waals surface area (Å²) in [4.78, 5) is 12.0. The SMILES string of the molecule is N#Cc1cccc(C(=O)N[C@H]2CCCC[C@@H]2O)c1. The predicted molar refractivity (Wildman–Crippen MR) is 66.9 cm³/mol. The Balaban J connectivity index is 2.05. The van der Waals surface area contributed by atoms with Gasteiger partial charge in [0.25, 0.3) is 5.91 Å². The Hall–Kier alpha value is -1.86. The topological polar surface area (TPSA) is 73.1 Å². The molecule has 0 aromatic heterocycles. The third-order valence-electron chi connectivity index (χ3n) is 3.30. The van der Waals surface area contributed by atoms with Gasteiger partial charge in [-0.1, -0.05) is 18.9 Å². The maximum atomic E-state index is 12.0. The summed E-state index contributed by atoms with van der Waals surface area (Å²) in [5.74, 6) is -0.224. The van der Waals surface area contributed by atoms with Crippen molar-refractivity contribution in [1.29, 1.82) is 5.26 Å². The van der Waals surface area contributed by atoms with Gasteiger partial charge < -0.3 is 10.4 Å². The number of carbonyl (C=O) groups is 1. The van der Waals surface area contributed by atoms with Gasteiger partial charge in [-0.05, 0) is 31.0 Å². The smallest absolute Gasteiger partial charge is 0.251 e. The number of aliphatic hydroxyl groups excluding tert-OH is 1. The van der Waals surface area contributed by atoms with Crippen LogP contribution in [0.15, 0.2) is 24.3 Å². The molecule has 0 heterocycles. The van der Waals surface area contributed by atoms with Gasteiger partial charge in [-0.15, -0.1) is 0 Å². The van der Waals surface area contributed by atoms with Gasteiger partial charge >= 0.3 is 0 Å². The normalized spacial score (nSPS) is 23.1. The van der Waals surface area contributed by atoms with Gasteiger partial charge in [-0.25, -0.2) is 0 Å². The van der Waals surface area contributed by atoms with Crippen molar-refractivity contribution < 1.29 is 9.90 Å². The van der Waals surface area contributed by atoms with Crippen molar-refractivity contribution in [2.75, 3.05) is 0 Å². The fourth-order valence-electron chi connectivity index (χ4n) is 2.26. The monoisotopic (exact) mass is 244 g/mol. The largest absolute Gasteiger partial charge is 0.391 e. The number of rotatable bonds is 2. The molecule has 0 saturated heterocycles. The van der Waals surface area contributed by atoms with Crippen LogP contribution in [0.3, 0.4) is 0 Å². The minimum Gasteiger partial charge on any atom is -0.391 e. The minimum absolute atomic E-state index is 0.169. The Morgan fingerprint density at radius 2 is 2.17 bits per heavy atom. The van der Waals surface area contributed by atoms with E-state index in [0.717, 1.165) is 25.7 Å². The lowest BCUT2D eigenvalue weighted by atomic mass is 9.92. The number of nitriles is 1. The van der Waals surface area contributed by atoms with Crippen LogP contribution in [0, 0.1) is 11.3 Å². The van der Waals surface area contributed by atoms with Gasteiger partial charge in [-0.3, -0.25) is 4.79 Å². The first kappa shape index (κ1) is 12.6. The standard InChI is InChI=1S/C14H16N2O2/c15-9-10-4-3-5-11(8-10)14(18)16-12-6-1-2-7-13(12)17/h3-5,8,12-13,17H,1-2,6-7H2,(H,16,18)/t12-,13-/m0/s1. The number of hydrogen-bond donors (Lipinski definition) is 2. The van der Waals surface area contributed by atoms with Crippen molar-refractivity contribution >= 4 is 5.91 Å². The van der Waals surface area contributed by atoms with E-state index in [0.29, 0.717) is 11.1 Å². The van der Waals surface area contributed by atoms with Gasteiger partial charge in [0.1, 0.15) is 0 Å². The van der Waals surface area contributed by atoms with E-state index in [1.807, 2.05) is 6.07 Å². The third kappa shape index (κ3) is 2.88. The molecular formula is C14H16N2O2. The summed E-state index contributed by atoms with van der Waals surface area (Å²) < 4.78 is 0. The van der Waals surface area contributed by atoms with Crippen LogP contribution in [0.5, 0.6) is 0 Å². The van der Waals surface area contributed by atoms with Crippen molar-refractivity contribution in [3.8, 4) is 6.07 Å². The average molecular weight is 244 g/mol. The number of amides is 1. The quantitative estimate of drug-likeness (QED) is 0.829. The number of nitrogens with zero attached hydrogens (tertiary/aromatic N) is 1. The fourth-order valence-corrected chi connectivity index (χ4v) is 2.26. The lowest BCUT2D eigenvalue weighted by Crippen LogP contribution is -2.45. The molecule has 2 N–H and O–H groups in total. The molecule has 4 nitrogen and oxygen atoms in total. The maximum absolute atomic E-state index is 12.0. The highest BCUT2D eigenvalue weighted by Crippen LogP contribution is 2.18. The lowest BCUT2D eigenvalue weighted by molar-refractivity contribution is 0.0717. The van der Waals surface area contributed by atoms with Gasteiger partial charge in [-0.2, -0.15) is 5.26 Å². The van der Waals surface area contributed by atoms with E-state index in [1.54, 1.807) is 24.3 Å².